The number of hydrogen-bond donors (Lipinski definition) is 0. The van der Waals surface area contributed by atoms with E-state index in [2.05, 4.69) is 0 Å². The number of carbonyl (C=O) groups is 1. The van der Waals surface area contributed by atoms with Crippen molar-refractivity contribution in [2.75, 3.05) is 0 Å². The summed E-state index contributed by atoms with van der Waals surface area (Å²) in [4.78, 5) is 23.2. The Labute approximate surface area is 111 Å². The first-order chi connectivity index (χ1) is 9.16. The summed E-state index contributed by atoms with van der Waals surface area (Å²) in [6.45, 7) is 1.60. The number of fused-ring (bicyclic) bond motifs is 1. The van der Waals surface area contributed by atoms with E-state index in [-0.39, 0.29) is 11.4 Å². The minimum atomic E-state index is -0.260. The van der Waals surface area contributed by atoms with E-state index >= 15 is 0 Å². The third kappa shape index (κ3) is 2.33. The van der Waals surface area contributed by atoms with Gasteiger partial charge in [0.05, 0.1) is 5.39 Å². The molecule has 0 aliphatic heterocycles. The second-order valence-electron chi connectivity index (χ2n) is 5.25. The third-order valence-electron chi connectivity index (χ3n) is 3.65. The van der Waals surface area contributed by atoms with Crippen LogP contribution in [0.2, 0.25) is 0 Å². The molecule has 0 bridgehead atoms. The van der Waals surface area contributed by atoms with Crippen molar-refractivity contribution in [1.82, 2.24) is 0 Å². The molecule has 1 saturated carbocycles. The number of benzene rings is 1. The molecule has 1 aliphatic carbocycles. The van der Waals surface area contributed by atoms with Crippen LogP contribution in [0.25, 0.3) is 10.8 Å². The molecule has 2 aromatic rings. The molecule has 1 fully saturated rings. The molecule has 98 valence electrons. The van der Waals surface area contributed by atoms with Crippen LogP contribution in [0.4, 0.5) is 0 Å². The average Bonchev–Trinajstić information content (AvgIpc) is 3.21. The lowest BCUT2D eigenvalue weighted by molar-refractivity contribution is -0.116. The second kappa shape index (κ2) is 4.65. The number of rotatable bonds is 4. The molecule has 0 radical (unpaired) electrons. The predicted octanol–water partition coefficient (Wildman–Crippen LogP) is 3.19. The first kappa shape index (κ1) is 12.2. The van der Waals surface area contributed by atoms with Crippen molar-refractivity contribution >= 4 is 16.6 Å². The summed E-state index contributed by atoms with van der Waals surface area (Å²) >= 11 is 0. The molecule has 0 spiro atoms. The molecule has 3 nitrogen and oxygen atoms in total. The minimum Gasteiger partial charge on any atom is -0.427 e. The summed E-state index contributed by atoms with van der Waals surface area (Å²) < 4.78 is 5.51. The predicted molar refractivity (Wildman–Crippen MR) is 73.5 cm³/mol. The SMILES string of the molecule is CC(=O)CCc1c(C2CC2)oc(=O)c2ccccc12. The Bertz CT molecular complexity index is 693. The summed E-state index contributed by atoms with van der Waals surface area (Å²) in [7, 11) is 0. The monoisotopic (exact) mass is 256 g/mol. The maximum Gasteiger partial charge on any atom is 0.343 e. The van der Waals surface area contributed by atoms with Crippen LogP contribution < -0.4 is 5.63 Å². The zero-order valence-corrected chi connectivity index (χ0v) is 10.9. The van der Waals surface area contributed by atoms with Crippen LogP contribution in [0.1, 0.15) is 43.4 Å². The Morgan fingerprint density at radius 2 is 1.95 bits per heavy atom. The van der Waals surface area contributed by atoms with Crippen molar-refractivity contribution in [2.45, 2.75) is 38.5 Å². The van der Waals surface area contributed by atoms with E-state index in [4.69, 9.17) is 4.42 Å². The van der Waals surface area contributed by atoms with E-state index < -0.39 is 0 Å². The lowest BCUT2D eigenvalue weighted by Gasteiger charge is -2.10. The number of ketones is 1. The Morgan fingerprint density at radius 3 is 2.58 bits per heavy atom. The second-order valence-corrected chi connectivity index (χ2v) is 5.25. The summed E-state index contributed by atoms with van der Waals surface area (Å²) in [6.07, 6.45) is 3.31. The Hall–Kier alpha value is -1.90. The first-order valence-electron chi connectivity index (χ1n) is 6.71. The van der Waals surface area contributed by atoms with E-state index in [1.165, 1.54) is 0 Å². The van der Waals surface area contributed by atoms with Crippen LogP contribution in [0, 0.1) is 0 Å². The molecule has 3 heteroatoms. The van der Waals surface area contributed by atoms with Crippen LogP contribution in [-0.4, -0.2) is 5.78 Å². The smallest absolute Gasteiger partial charge is 0.343 e. The lowest BCUT2D eigenvalue weighted by atomic mass is 9.98. The van der Waals surface area contributed by atoms with Crippen molar-refractivity contribution < 1.29 is 9.21 Å². The van der Waals surface area contributed by atoms with Crippen LogP contribution in [0.15, 0.2) is 33.5 Å². The standard InChI is InChI=1S/C16H16O3/c1-10(17)6-9-13-12-4-2-3-5-14(12)16(18)19-15(13)11-7-8-11/h2-5,11H,6-9H2,1H3. The fourth-order valence-corrected chi connectivity index (χ4v) is 2.51. The van der Waals surface area contributed by atoms with E-state index in [9.17, 15) is 9.59 Å². The van der Waals surface area contributed by atoms with Crippen LogP contribution in [-0.2, 0) is 11.2 Å². The van der Waals surface area contributed by atoms with Crippen LogP contribution in [0.3, 0.4) is 0 Å². The van der Waals surface area contributed by atoms with Gasteiger partial charge in [-0.2, -0.15) is 0 Å². The minimum absolute atomic E-state index is 0.164. The zero-order valence-electron chi connectivity index (χ0n) is 10.9. The molecular weight excluding hydrogens is 240 g/mol. The molecule has 0 saturated heterocycles. The number of carbonyl (C=O) groups excluding carboxylic acids is 1. The highest BCUT2D eigenvalue weighted by Crippen LogP contribution is 2.42. The van der Waals surface area contributed by atoms with Gasteiger partial charge in [0.15, 0.2) is 0 Å². The molecule has 3 rings (SSSR count). The molecular formula is C16H16O3. The largest absolute Gasteiger partial charge is 0.427 e. The van der Waals surface area contributed by atoms with E-state index in [1.807, 2.05) is 18.2 Å². The third-order valence-corrected chi connectivity index (χ3v) is 3.65. The topological polar surface area (TPSA) is 47.3 Å². The normalized spacial score (nSPS) is 14.8. The summed E-state index contributed by atoms with van der Waals surface area (Å²) in [6, 6.07) is 7.50. The molecule has 0 atom stereocenters. The van der Waals surface area contributed by atoms with Crippen molar-refractivity contribution in [3.8, 4) is 0 Å². The van der Waals surface area contributed by atoms with Crippen LogP contribution >= 0.6 is 0 Å². The van der Waals surface area contributed by atoms with Crippen molar-refractivity contribution in [2.24, 2.45) is 0 Å². The summed E-state index contributed by atoms with van der Waals surface area (Å²) in [5.74, 6) is 1.35. The summed E-state index contributed by atoms with van der Waals surface area (Å²) in [5, 5.41) is 1.56. The van der Waals surface area contributed by atoms with E-state index in [0.717, 1.165) is 29.6 Å². The number of Topliss-reactive ketones (excluding diaryl/α,β-unsaturated/α-hetero) is 1. The van der Waals surface area contributed by atoms with Gasteiger partial charge < -0.3 is 9.21 Å². The van der Waals surface area contributed by atoms with Gasteiger partial charge in [-0.1, -0.05) is 18.2 Å². The van der Waals surface area contributed by atoms with Crippen molar-refractivity contribution in [3.05, 3.63) is 46.0 Å². The fraction of sp³-hybridized carbons (Fsp3) is 0.375. The van der Waals surface area contributed by atoms with Gasteiger partial charge in [-0.05, 0) is 43.2 Å². The highest BCUT2D eigenvalue weighted by Gasteiger charge is 2.30. The number of aryl methyl sites for hydroxylation is 1. The first-order valence-corrected chi connectivity index (χ1v) is 6.71. The highest BCUT2D eigenvalue weighted by atomic mass is 16.4. The van der Waals surface area contributed by atoms with E-state index in [0.29, 0.717) is 24.1 Å². The maximum atomic E-state index is 12.0. The van der Waals surface area contributed by atoms with Crippen molar-refractivity contribution in [1.29, 1.82) is 0 Å². The molecule has 1 aromatic carbocycles. The number of hydrogen-bond acceptors (Lipinski definition) is 3. The Kier molecular flexibility index (Phi) is 2.97. The van der Waals surface area contributed by atoms with Gasteiger partial charge in [-0.25, -0.2) is 4.79 Å². The van der Waals surface area contributed by atoms with Gasteiger partial charge in [-0.3, -0.25) is 0 Å². The molecule has 0 amide bonds. The van der Waals surface area contributed by atoms with Gasteiger partial charge in [0.2, 0.25) is 0 Å². The Morgan fingerprint density at radius 1 is 1.26 bits per heavy atom. The molecule has 19 heavy (non-hydrogen) atoms. The molecule has 0 N–H and O–H groups in total. The maximum absolute atomic E-state index is 12.0. The molecule has 1 aromatic heterocycles. The average molecular weight is 256 g/mol. The quantitative estimate of drug-likeness (QED) is 0.844. The van der Waals surface area contributed by atoms with Gasteiger partial charge in [0, 0.05) is 12.3 Å². The van der Waals surface area contributed by atoms with Crippen LogP contribution in [0.5, 0.6) is 0 Å². The molecule has 1 aliphatic rings. The lowest BCUT2D eigenvalue weighted by Crippen LogP contribution is -2.07. The fourth-order valence-electron chi connectivity index (χ4n) is 2.51. The van der Waals surface area contributed by atoms with Gasteiger partial charge in [-0.15, -0.1) is 0 Å². The molecule has 0 unspecified atom stereocenters. The molecule has 1 heterocycles. The van der Waals surface area contributed by atoms with Gasteiger partial charge in [0.25, 0.3) is 0 Å². The van der Waals surface area contributed by atoms with Crippen molar-refractivity contribution in [3.63, 3.8) is 0 Å². The Balaban J connectivity index is 2.19. The summed E-state index contributed by atoms with van der Waals surface area (Å²) in [5.41, 5.74) is 0.789. The van der Waals surface area contributed by atoms with Gasteiger partial charge >= 0.3 is 5.63 Å². The highest BCUT2D eigenvalue weighted by molar-refractivity contribution is 5.86. The van der Waals surface area contributed by atoms with Gasteiger partial charge in [0.1, 0.15) is 11.5 Å². The van der Waals surface area contributed by atoms with E-state index in [1.54, 1.807) is 13.0 Å². The zero-order chi connectivity index (χ0) is 13.4.